The van der Waals surface area contributed by atoms with Crippen molar-refractivity contribution < 1.29 is 14.0 Å². The SMILES string of the molecule is Cc1ccc(NC(=O)C2CCC(C(=O)NCCc3ccc(F)cc3)CC2)c(C)c1. The molecule has 3 rings (SSSR count). The van der Waals surface area contributed by atoms with E-state index in [1.807, 2.05) is 26.0 Å². The molecule has 0 bridgehead atoms. The molecular weight excluding hydrogens is 367 g/mol. The fraction of sp³-hybridized carbons (Fsp3) is 0.417. The van der Waals surface area contributed by atoms with Crippen LogP contribution in [0.3, 0.4) is 0 Å². The summed E-state index contributed by atoms with van der Waals surface area (Å²) in [6.07, 6.45) is 3.60. The maximum Gasteiger partial charge on any atom is 0.227 e. The monoisotopic (exact) mass is 396 g/mol. The number of benzene rings is 2. The van der Waals surface area contributed by atoms with Gasteiger partial charge in [-0.1, -0.05) is 29.8 Å². The number of hydrogen-bond donors (Lipinski definition) is 2. The summed E-state index contributed by atoms with van der Waals surface area (Å²) in [6.45, 7) is 4.57. The molecule has 29 heavy (non-hydrogen) atoms. The molecule has 0 heterocycles. The van der Waals surface area contributed by atoms with Gasteiger partial charge in [0.2, 0.25) is 11.8 Å². The molecule has 5 heteroatoms. The Labute approximate surface area is 171 Å². The molecule has 0 aliphatic heterocycles. The number of rotatable bonds is 6. The van der Waals surface area contributed by atoms with Crippen molar-refractivity contribution in [3.63, 3.8) is 0 Å². The van der Waals surface area contributed by atoms with Crippen LogP contribution < -0.4 is 10.6 Å². The first-order chi connectivity index (χ1) is 13.9. The van der Waals surface area contributed by atoms with Crippen LogP contribution in [0.4, 0.5) is 10.1 Å². The zero-order valence-corrected chi connectivity index (χ0v) is 17.1. The molecule has 2 aromatic carbocycles. The van der Waals surface area contributed by atoms with Crippen LogP contribution in [0.15, 0.2) is 42.5 Å². The number of anilines is 1. The molecule has 2 N–H and O–H groups in total. The number of carbonyl (C=O) groups excluding carboxylic acids is 2. The Kier molecular flexibility index (Phi) is 7.02. The Morgan fingerprint density at radius 1 is 0.931 bits per heavy atom. The minimum atomic E-state index is -0.254. The summed E-state index contributed by atoms with van der Waals surface area (Å²) in [5.41, 5.74) is 4.10. The van der Waals surface area contributed by atoms with Crippen LogP contribution in [0.1, 0.15) is 42.4 Å². The molecule has 0 spiro atoms. The summed E-state index contributed by atoms with van der Waals surface area (Å²) in [5.74, 6) is -0.226. The third-order valence-corrected chi connectivity index (χ3v) is 5.73. The van der Waals surface area contributed by atoms with Crippen molar-refractivity contribution in [1.82, 2.24) is 5.32 Å². The van der Waals surface area contributed by atoms with Gasteiger partial charge in [0.25, 0.3) is 0 Å². The highest BCUT2D eigenvalue weighted by Gasteiger charge is 2.30. The minimum Gasteiger partial charge on any atom is -0.356 e. The first-order valence-electron chi connectivity index (χ1n) is 10.3. The summed E-state index contributed by atoms with van der Waals surface area (Å²) >= 11 is 0. The van der Waals surface area contributed by atoms with Gasteiger partial charge in [-0.05, 0) is 75.3 Å². The van der Waals surface area contributed by atoms with Crippen LogP contribution in [0.25, 0.3) is 0 Å². The van der Waals surface area contributed by atoms with E-state index in [1.165, 1.54) is 17.7 Å². The molecule has 0 unspecified atom stereocenters. The van der Waals surface area contributed by atoms with Gasteiger partial charge in [-0.3, -0.25) is 9.59 Å². The fourth-order valence-corrected chi connectivity index (χ4v) is 3.93. The van der Waals surface area contributed by atoms with Crippen molar-refractivity contribution in [3.8, 4) is 0 Å². The summed E-state index contributed by atoms with van der Waals surface area (Å²) in [7, 11) is 0. The Balaban J connectivity index is 1.41. The molecule has 2 aromatic rings. The van der Waals surface area contributed by atoms with Gasteiger partial charge in [0.05, 0.1) is 0 Å². The van der Waals surface area contributed by atoms with Crippen LogP contribution >= 0.6 is 0 Å². The second kappa shape index (κ2) is 9.68. The molecule has 0 saturated heterocycles. The van der Waals surface area contributed by atoms with E-state index in [0.29, 0.717) is 13.0 Å². The zero-order chi connectivity index (χ0) is 20.8. The van der Waals surface area contributed by atoms with Crippen LogP contribution in [-0.2, 0) is 16.0 Å². The number of nitrogens with one attached hydrogen (secondary N) is 2. The van der Waals surface area contributed by atoms with Gasteiger partial charge in [0.15, 0.2) is 0 Å². The van der Waals surface area contributed by atoms with E-state index in [1.54, 1.807) is 12.1 Å². The molecule has 2 amide bonds. The lowest BCUT2D eigenvalue weighted by Gasteiger charge is -2.27. The average molecular weight is 397 g/mol. The summed E-state index contributed by atoms with van der Waals surface area (Å²) in [6, 6.07) is 12.3. The molecule has 4 nitrogen and oxygen atoms in total. The number of halogens is 1. The number of carbonyl (C=O) groups is 2. The standard InChI is InChI=1S/C24H29FN2O2/c1-16-3-12-22(17(2)15-16)27-24(29)20-8-6-19(7-9-20)23(28)26-14-13-18-4-10-21(25)11-5-18/h3-5,10-12,15,19-20H,6-9,13-14H2,1-2H3,(H,26,28)(H,27,29). The van der Waals surface area contributed by atoms with Gasteiger partial charge in [-0.15, -0.1) is 0 Å². The Hall–Kier alpha value is -2.69. The van der Waals surface area contributed by atoms with E-state index in [0.717, 1.165) is 42.5 Å². The topological polar surface area (TPSA) is 58.2 Å². The third kappa shape index (κ3) is 5.89. The predicted molar refractivity (Wildman–Crippen MR) is 113 cm³/mol. The normalized spacial score (nSPS) is 18.9. The summed E-state index contributed by atoms with van der Waals surface area (Å²) in [4.78, 5) is 25.0. The molecule has 1 fully saturated rings. The van der Waals surface area contributed by atoms with E-state index in [9.17, 15) is 14.0 Å². The highest BCUT2D eigenvalue weighted by molar-refractivity contribution is 5.93. The Bertz CT molecular complexity index is 856. The largest absolute Gasteiger partial charge is 0.356 e. The molecule has 0 atom stereocenters. The van der Waals surface area contributed by atoms with Crippen molar-refractivity contribution in [2.45, 2.75) is 46.0 Å². The van der Waals surface area contributed by atoms with Gasteiger partial charge in [-0.25, -0.2) is 4.39 Å². The molecule has 0 aromatic heterocycles. The molecule has 1 aliphatic carbocycles. The molecule has 1 aliphatic rings. The highest BCUT2D eigenvalue weighted by Crippen LogP contribution is 2.30. The second-order valence-electron chi connectivity index (χ2n) is 8.02. The smallest absolute Gasteiger partial charge is 0.227 e. The summed E-state index contributed by atoms with van der Waals surface area (Å²) < 4.78 is 12.9. The summed E-state index contributed by atoms with van der Waals surface area (Å²) in [5, 5.41) is 6.02. The maximum atomic E-state index is 12.9. The number of hydrogen-bond acceptors (Lipinski definition) is 2. The Morgan fingerprint density at radius 3 is 2.17 bits per heavy atom. The van der Waals surface area contributed by atoms with Crippen molar-refractivity contribution in [1.29, 1.82) is 0 Å². The van der Waals surface area contributed by atoms with Crippen molar-refractivity contribution in [2.24, 2.45) is 11.8 Å². The van der Waals surface area contributed by atoms with Crippen molar-refractivity contribution in [2.75, 3.05) is 11.9 Å². The third-order valence-electron chi connectivity index (χ3n) is 5.73. The van der Waals surface area contributed by atoms with Crippen LogP contribution in [-0.4, -0.2) is 18.4 Å². The molecule has 0 radical (unpaired) electrons. The first-order valence-corrected chi connectivity index (χ1v) is 10.3. The highest BCUT2D eigenvalue weighted by atomic mass is 19.1. The minimum absolute atomic E-state index is 0.0339. The quantitative estimate of drug-likeness (QED) is 0.753. The second-order valence-corrected chi connectivity index (χ2v) is 8.02. The number of amides is 2. The van der Waals surface area contributed by atoms with Crippen LogP contribution in [0, 0.1) is 31.5 Å². The first kappa shape index (κ1) is 21.0. The van der Waals surface area contributed by atoms with E-state index in [4.69, 9.17) is 0 Å². The number of aryl methyl sites for hydroxylation is 2. The van der Waals surface area contributed by atoms with E-state index in [2.05, 4.69) is 16.7 Å². The molecule has 1 saturated carbocycles. The average Bonchev–Trinajstić information content (AvgIpc) is 2.71. The van der Waals surface area contributed by atoms with Crippen LogP contribution in [0.2, 0.25) is 0 Å². The fourth-order valence-electron chi connectivity index (χ4n) is 3.93. The maximum absolute atomic E-state index is 12.9. The van der Waals surface area contributed by atoms with Gasteiger partial charge in [0, 0.05) is 24.1 Å². The van der Waals surface area contributed by atoms with Crippen molar-refractivity contribution in [3.05, 3.63) is 65.0 Å². The van der Waals surface area contributed by atoms with Gasteiger partial charge in [0.1, 0.15) is 5.82 Å². The molecular formula is C24H29FN2O2. The lowest BCUT2D eigenvalue weighted by atomic mass is 9.81. The van der Waals surface area contributed by atoms with Crippen LogP contribution in [0.5, 0.6) is 0 Å². The van der Waals surface area contributed by atoms with E-state index >= 15 is 0 Å². The lowest BCUT2D eigenvalue weighted by molar-refractivity contribution is -0.128. The van der Waals surface area contributed by atoms with Gasteiger partial charge in [-0.2, -0.15) is 0 Å². The lowest BCUT2D eigenvalue weighted by Crippen LogP contribution is -2.36. The van der Waals surface area contributed by atoms with Gasteiger partial charge >= 0.3 is 0 Å². The Morgan fingerprint density at radius 2 is 1.55 bits per heavy atom. The van der Waals surface area contributed by atoms with E-state index < -0.39 is 0 Å². The van der Waals surface area contributed by atoms with E-state index in [-0.39, 0.29) is 29.5 Å². The molecule has 154 valence electrons. The van der Waals surface area contributed by atoms with Crippen molar-refractivity contribution >= 4 is 17.5 Å². The zero-order valence-electron chi connectivity index (χ0n) is 17.1. The predicted octanol–water partition coefficient (Wildman–Crippen LogP) is 4.55. The van der Waals surface area contributed by atoms with Gasteiger partial charge < -0.3 is 10.6 Å².